The number of anilines is 1. The van der Waals surface area contributed by atoms with Crippen molar-refractivity contribution in [3.05, 3.63) is 60.2 Å². The van der Waals surface area contributed by atoms with Gasteiger partial charge in [0.25, 0.3) is 0 Å². The molecule has 2 aromatic rings. The van der Waals surface area contributed by atoms with E-state index in [1.54, 1.807) is 7.05 Å². The van der Waals surface area contributed by atoms with Gasteiger partial charge >= 0.3 is 0 Å². The second kappa shape index (κ2) is 13.1. The van der Waals surface area contributed by atoms with E-state index in [2.05, 4.69) is 20.9 Å². The van der Waals surface area contributed by atoms with Crippen LogP contribution in [0.2, 0.25) is 0 Å². The molecule has 0 unspecified atom stereocenters. The van der Waals surface area contributed by atoms with Gasteiger partial charge in [0.05, 0.1) is 6.54 Å². The third-order valence-corrected chi connectivity index (χ3v) is 5.01. The van der Waals surface area contributed by atoms with Gasteiger partial charge in [0.15, 0.2) is 5.96 Å². The Morgan fingerprint density at radius 2 is 1.83 bits per heavy atom. The number of aliphatic imine (C=N–C) groups is 1. The van der Waals surface area contributed by atoms with Crippen LogP contribution in [0.3, 0.4) is 0 Å². The van der Waals surface area contributed by atoms with Crippen LogP contribution in [0.5, 0.6) is 5.75 Å². The number of guanidine groups is 1. The quantitative estimate of drug-likeness (QED) is 0.211. The maximum absolute atomic E-state index is 12.3. The molecule has 0 heterocycles. The Labute approximate surface area is 195 Å². The summed E-state index contributed by atoms with van der Waals surface area (Å²) in [5.74, 6) is 1.87. The zero-order valence-electron chi connectivity index (χ0n) is 17.4. The van der Waals surface area contributed by atoms with Gasteiger partial charge in [0, 0.05) is 25.2 Å². The molecule has 0 radical (unpaired) electrons. The summed E-state index contributed by atoms with van der Waals surface area (Å²) < 4.78 is 5.67. The summed E-state index contributed by atoms with van der Waals surface area (Å²) in [4.78, 5) is 16.6. The van der Waals surface area contributed by atoms with Crippen LogP contribution in [0.15, 0.2) is 59.6 Å². The summed E-state index contributed by atoms with van der Waals surface area (Å²) in [6.07, 6.45) is 4.32. The number of nitrogens with zero attached hydrogens (tertiary/aromatic N) is 1. The molecule has 1 fully saturated rings. The average Bonchev–Trinajstić information content (AvgIpc) is 3.29. The van der Waals surface area contributed by atoms with Crippen molar-refractivity contribution in [3.8, 4) is 5.75 Å². The van der Waals surface area contributed by atoms with Crippen molar-refractivity contribution in [2.24, 2.45) is 10.9 Å². The number of carbonyl (C=O) groups excluding carboxylic acids is 1. The van der Waals surface area contributed by atoms with Gasteiger partial charge in [-0.2, -0.15) is 0 Å². The molecule has 3 rings (SSSR count). The van der Waals surface area contributed by atoms with Crippen molar-refractivity contribution in [1.82, 2.24) is 10.6 Å². The van der Waals surface area contributed by atoms with E-state index in [1.807, 2.05) is 54.6 Å². The molecule has 1 aliphatic carbocycles. The van der Waals surface area contributed by atoms with Crippen molar-refractivity contribution in [2.75, 3.05) is 25.5 Å². The Kier molecular flexibility index (Phi) is 10.5. The predicted molar refractivity (Wildman–Crippen MR) is 133 cm³/mol. The molecule has 0 aliphatic heterocycles. The second-order valence-electron chi connectivity index (χ2n) is 7.19. The van der Waals surface area contributed by atoms with Crippen LogP contribution in [0.4, 0.5) is 5.69 Å². The minimum Gasteiger partial charge on any atom is -0.492 e. The number of benzene rings is 2. The number of nitrogens with one attached hydrogen (secondary N) is 3. The number of carbonyl (C=O) groups is 1. The van der Waals surface area contributed by atoms with Gasteiger partial charge < -0.3 is 20.7 Å². The number of rotatable bonds is 8. The molecule has 1 amide bonds. The van der Waals surface area contributed by atoms with E-state index >= 15 is 0 Å². The fourth-order valence-corrected chi connectivity index (χ4v) is 3.45. The molecule has 0 bridgehead atoms. The van der Waals surface area contributed by atoms with Gasteiger partial charge in [0.2, 0.25) is 5.91 Å². The highest BCUT2D eigenvalue weighted by Gasteiger charge is 2.22. The lowest BCUT2D eigenvalue weighted by atomic mass is 10.1. The molecule has 0 aromatic heterocycles. The Balaban J connectivity index is 0.00000320. The maximum atomic E-state index is 12.3. The Hall–Kier alpha value is -2.29. The van der Waals surface area contributed by atoms with Crippen LogP contribution in [-0.2, 0) is 11.3 Å². The first-order chi connectivity index (χ1) is 14.2. The fourth-order valence-electron chi connectivity index (χ4n) is 3.45. The van der Waals surface area contributed by atoms with Gasteiger partial charge in [-0.15, -0.1) is 24.0 Å². The molecule has 1 aliphatic rings. The molecule has 0 saturated heterocycles. The van der Waals surface area contributed by atoms with Crippen molar-refractivity contribution >= 4 is 41.5 Å². The molecule has 0 atom stereocenters. The molecular weight excluding hydrogens is 491 g/mol. The normalized spacial score (nSPS) is 14.0. The zero-order chi connectivity index (χ0) is 20.3. The number of hydrogen-bond donors (Lipinski definition) is 3. The Bertz CT molecular complexity index is 808. The number of ether oxygens (including phenoxy) is 1. The van der Waals surface area contributed by atoms with E-state index in [0.717, 1.165) is 42.7 Å². The molecule has 30 heavy (non-hydrogen) atoms. The monoisotopic (exact) mass is 522 g/mol. The first kappa shape index (κ1) is 24.0. The SMILES string of the molecule is CN=C(NCCOc1ccccc1)NCc1cccc(NC(=O)C2CCCC2)c1.I. The van der Waals surface area contributed by atoms with E-state index in [4.69, 9.17) is 4.74 Å². The summed E-state index contributed by atoms with van der Waals surface area (Å²) >= 11 is 0. The van der Waals surface area contributed by atoms with Crippen LogP contribution in [-0.4, -0.2) is 32.1 Å². The maximum Gasteiger partial charge on any atom is 0.227 e. The van der Waals surface area contributed by atoms with Crippen molar-refractivity contribution in [2.45, 2.75) is 32.2 Å². The van der Waals surface area contributed by atoms with Gasteiger partial charge in [-0.05, 0) is 42.7 Å². The highest BCUT2D eigenvalue weighted by Crippen LogP contribution is 2.26. The van der Waals surface area contributed by atoms with E-state index in [9.17, 15) is 4.79 Å². The second-order valence-corrected chi connectivity index (χ2v) is 7.19. The molecule has 0 spiro atoms. The molecular formula is C23H31IN4O2. The highest BCUT2D eigenvalue weighted by atomic mass is 127. The Morgan fingerprint density at radius 3 is 2.57 bits per heavy atom. The summed E-state index contributed by atoms with van der Waals surface area (Å²) in [5.41, 5.74) is 1.93. The third kappa shape index (κ3) is 7.85. The van der Waals surface area contributed by atoms with Gasteiger partial charge in [0.1, 0.15) is 12.4 Å². The van der Waals surface area contributed by atoms with Crippen molar-refractivity contribution < 1.29 is 9.53 Å². The highest BCUT2D eigenvalue weighted by molar-refractivity contribution is 14.0. The van der Waals surface area contributed by atoms with E-state index < -0.39 is 0 Å². The zero-order valence-corrected chi connectivity index (χ0v) is 19.7. The third-order valence-electron chi connectivity index (χ3n) is 5.01. The molecule has 3 N–H and O–H groups in total. The fraction of sp³-hybridized carbons (Fsp3) is 0.391. The summed E-state index contributed by atoms with van der Waals surface area (Å²) in [5, 5.41) is 9.58. The van der Waals surface area contributed by atoms with Crippen molar-refractivity contribution in [1.29, 1.82) is 0 Å². The summed E-state index contributed by atoms with van der Waals surface area (Å²) in [6, 6.07) is 17.7. The molecule has 7 heteroatoms. The lowest BCUT2D eigenvalue weighted by Gasteiger charge is -2.14. The molecule has 6 nitrogen and oxygen atoms in total. The largest absolute Gasteiger partial charge is 0.492 e. The van der Waals surface area contributed by atoms with Crippen LogP contribution in [0.1, 0.15) is 31.2 Å². The molecule has 162 valence electrons. The van der Waals surface area contributed by atoms with Crippen LogP contribution in [0, 0.1) is 5.92 Å². The first-order valence-electron chi connectivity index (χ1n) is 10.3. The van der Waals surface area contributed by atoms with Crippen molar-refractivity contribution in [3.63, 3.8) is 0 Å². The minimum atomic E-state index is 0. The van der Waals surface area contributed by atoms with Crippen LogP contribution < -0.4 is 20.7 Å². The predicted octanol–water partition coefficient (Wildman–Crippen LogP) is 4.18. The first-order valence-corrected chi connectivity index (χ1v) is 10.3. The standard InChI is InChI=1S/C23H30N4O2.HI/c1-24-23(25-14-15-29-21-12-3-2-4-13-21)26-17-18-8-7-11-20(16-18)27-22(28)19-9-5-6-10-19;/h2-4,7-8,11-13,16,19H,5-6,9-10,14-15,17H2,1H3,(H,27,28)(H2,24,25,26);1H. The van der Waals surface area contributed by atoms with Crippen LogP contribution >= 0.6 is 24.0 Å². The molecule has 1 saturated carbocycles. The lowest BCUT2D eigenvalue weighted by molar-refractivity contribution is -0.119. The number of halogens is 1. The van der Waals surface area contributed by atoms with Crippen LogP contribution in [0.25, 0.3) is 0 Å². The van der Waals surface area contributed by atoms with E-state index in [0.29, 0.717) is 25.7 Å². The number of para-hydroxylation sites is 1. The smallest absolute Gasteiger partial charge is 0.227 e. The van der Waals surface area contributed by atoms with Gasteiger partial charge in [-0.25, -0.2) is 0 Å². The summed E-state index contributed by atoms with van der Waals surface area (Å²) in [6.45, 7) is 1.81. The lowest BCUT2D eigenvalue weighted by Crippen LogP contribution is -2.38. The average molecular weight is 522 g/mol. The van der Waals surface area contributed by atoms with E-state index in [-0.39, 0.29) is 35.8 Å². The summed E-state index contributed by atoms with van der Waals surface area (Å²) in [7, 11) is 1.74. The van der Waals surface area contributed by atoms with Gasteiger partial charge in [-0.1, -0.05) is 43.2 Å². The number of amides is 1. The minimum absolute atomic E-state index is 0. The van der Waals surface area contributed by atoms with Gasteiger partial charge in [-0.3, -0.25) is 9.79 Å². The Morgan fingerprint density at radius 1 is 1.07 bits per heavy atom. The van der Waals surface area contributed by atoms with E-state index in [1.165, 1.54) is 0 Å². The number of hydrogen-bond acceptors (Lipinski definition) is 3. The molecule has 2 aromatic carbocycles. The topological polar surface area (TPSA) is 74.8 Å².